The molecule has 7 heteroatoms. The molecule has 1 fully saturated rings. The van der Waals surface area contributed by atoms with E-state index in [0.717, 1.165) is 32.0 Å². The van der Waals surface area contributed by atoms with Crippen molar-refractivity contribution in [1.82, 2.24) is 20.9 Å². The second-order valence-electron chi connectivity index (χ2n) is 6.22. The highest BCUT2D eigenvalue weighted by Gasteiger charge is 2.09. The number of nitrogens with one attached hydrogen (secondary N) is 3. The molecule has 0 radical (unpaired) electrons. The fourth-order valence-electron chi connectivity index (χ4n) is 2.57. The van der Waals surface area contributed by atoms with Crippen molar-refractivity contribution in [2.45, 2.75) is 58.9 Å². The van der Waals surface area contributed by atoms with E-state index < -0.39 is 0 Å². The van der Waals surface area contributed by atoms with E-state index in [9.17, 15) is 4.79 Å². The maximum absolute atomic E-state index is 11.8. The quantitative estimate of drug-likeness (QED) is 0.284. The Hall–Kier alpha value is -0.570. The second-order valence-corrected chi connectivity index (χ2v) is 6.22. The number of halogens is 1. The lowest BCUT2D eigenvalue weighted by Gasteiger charge is -2.25. The highest BCUT2D eigenvalue weighted by atomic mass is 127. The van der Waals surface area contributed by atoms with Crippen molar-refractivity contribution < 1.29 is 4.79 Å². The van der Waals surface area contributed by atoms with Gasteiger partial charge in [-0.25, -0.2) is 0 Å². The van der Waals surface area contributed by atoms with E-state index in [0.29, 0.717) is 13.0 Å². The lowest BCUT2D eigenvalue weighted by atomic mass is 10.1. The molecule has 142 valence electrons. The predicted molar refractivity (Wildman–Crippen MR) is 112 cm³/mol. The van der Waals surface area contributed by atoms with Gasteiger partial charge in [-0.15, -0.1) is 24.0 Å². The minimum atomic E-state index is 0. The van der Waals surface area contributed by atoms with Gasteiger partial charge in [-0.05, 0) is 46.2 Å². The van der Waals surface area contributed by atoms with Gasteiger partial charge in [0.25, 0.3) is 0 Å². The fourth-order valence-corrected chi connectivity index (χ4v) is 2.57. The first-order valence-electron chi connectivity index (χ1n) is 9.19. The standard InChI is InChI=1S/C17H35N5O.HI/c1-4-15(3)21-16(23)9-10-19-17(18-5-2)20-11-14-22-12-7-6-8-13-22;/h15H,4-14H2,1-3H3,(H,21,23)(H2,18,19,20);1H. The van der Waals surface area contributed by atoms with Gasteiger partial charge >= 0.3 is 0 Å². The normalized spacial score (nSPS) is 16.9. The summed E-state index contributed by atoms with van der Waals surface area (Å²) in [6, 6.07) is 0.244. The number of guanidine groups is 1. The molecule has 3 N–H and O–H groups in total. The third kappa shape index (κ3) is 11.1. The van der Waals surface area contributed by atoms with Gasteiger partial charge in [-0.2, -0.15) is 0 Å². The van der Waals surface area contributed by atoms with Crippen molar-refractivity contribution in [3.63, 3.8) is 0 Å². The van der Waals surface area contributed by atoms with Crippen molar-refractivity contribution in [3.05, 3.63) is 0 Å². The molecule has 6 nitrogen and oxygen atoms in total. The lowest BCUT2D eigenvalue weighted by Crippen LogP contribution is -2.41. The number of hydrogen-bond acceptors (Lipinski definition) is 3. The van der Waals surface area contributed by atoms with Gasteiger partial charge in [-0.3, -0.25) is 9.79 Å². The van der Waals surface area contributed by atoms with Crippen LogP contribution in [0, 0.1) is 0 Å². The Bertz CT molecular complexity index is 359. The van der Waals surface area contributed by atoms with E-state index in [1.165, 1.54) is 32.4 Å². The number of rotatable bonds is 9. The van der Waals surface area contributed by atoms with Crippen LogP contribution in [0.1, 0.15) is 52.9 Å². The van der Waals surface area contributed by atoms with Crippen LogP contribution in [0.15, 0.2) is 4.99 Å². The monoisotopic (exact) mass is 453 g/mol. The molecule has 0 aliphatic carbocycles. The predicted octanol–water partition coefficient (Wildman–Crippen LogP) is 1.95. The van der Waals surface area contributed by atoms with E-state index in [1.807, 2.05) is 6.92 Å². The molecule has 0 aromatic carbocycles. The molecule has 0 saturated carbocycles. The zero-order valence-electron chi connectivity index (χ0n) is 15.6. The van der Waals surface area contributed by atoms with Gasteiger partial charge in [0.2, 0.25) is 5.91 Å². The van der Waals surface area contributed by atoms with Crippen LogP contribution in [-0.2, 0) is 4.79 Å². The molecular weight excluding hydrogens is 417 g/mol. The van der Waals surface area contributed by atoms with Crippen LogP contribution >= 0.6 is 24.0 Å². The van der Waals surface area contributed by atoms with E-state index in [-0.39, 0.29) is 35.9 Å². The smallest absolute Gasteiger partial charge is 0.221 e. The zero-order chi connectivity index (χ0) is 16.9. The maximum atomic E-state index is 11.8. The number of nitrogens with zero attached hydrogens (tertiary/aromatic N) is 2. The number of likely N-dealkylation sites (tertiary alicyclic amines) is 1. The molecule has 0 aromatic rings. The van der Waals surface area contributed by atoms with E-state index in [1.54, 1.807) is 0 Å². The third-order valence-electron chi connectivity index (χ3n) is 4.14. The molecule has 1 atom stereocenters. The average Bonchev–Trinajstić information content (AvgIpc) is 2.55. The molecule has 1 amide bonds. The van der Waals surface area contributed by atoms with Crippen molar-refractivity contribution in [3.8, 4) is 0 Å². The van der Waals surface area contributed by atoms with Gasteiger partial charge in [-0.1, -0.05) is 13.3 Å². The van der Waals surface area contributed by atoms with Crippen molar-refractivity contribution in [2.24, 2.45) is 4.99 Å². The first-order valence-corrected chi connectivity index (χ1v) is 9.19. The molecule has 0 spiro atoms. The Kier molecular flexibility index (Phi) is 14.4. The van der Waals surface area contributed by atoms with Gasteiger partial charge in [0, 0.05) is 32.1 Å². The summed E-state index contributed by atoms with van der Waals surface area (Å²) < 4.78 is 0. The molecule has 0 aromatic heterocycles. The average molecular weight is 453 g/mol. The van der Waals surface area contributed by atoms with Crippen molar-refractivity contribution in [1.29, 1.82) is 0 Å². The molecule has 1 rings (SSSR count). The first-order chi connectivity index (χ1) is 11.2. The summed E-state index contributed by atoms with van der Waals surface area (Å²) in [4.78, 5) is 18.8. The van der Waals surface area contributed by atoms with Crippen molar-refractivity contribution in [2.75, 3.05) is 39.3 Å². The summed E-state index contributed by atoms with van der Waals surface area (Å²) >= 11 is 0. The minimum absolute atomic E-state index is 0. The lowest BCUT2D eigenvalue weighted by molar-refractivity contribution is -0.121. The number of amides is 1. The van der Waals surface area contributed by atoms with Crippen LogP contribution < -0.4 is 16.0 Å². The maximum Gasteiger partial charge on any atom is 0.221 e. The van der Waals surface area contributed by atoms with Crippen LogP contribution in [-0.4, -0.2) is 62.1 Å². The topological polar surface area (TPSA) is 68.8 Å². The number of hydrogen-bond donors (Lipinski definition) is 3. The van der Waals surface area contributed by atoms with E-state index in [4.69, 9.17) is 0 Å². The van der Waals surface area contributed by atoms with E-state index >= 15 is 0 Å². The molecule has 1 saturated heterocycles. The Morgan fingerprint density at radius 1 is 1.17 bits per heavy atom. The third-order valence-corrected chi connectivity index (χ3v) is 4.14. The second kappa shape index (κ2) is 14.7. The van der Waals surface area contributed by atoms with Crippen molar-refractivity contribution >= 4 is 35.8 Å². The summed E-state index contributed by atoms with van der Waals surface area (Å²) in [7, 11) is 0. The number of aliphatic imine (C=N–C) groups is 1. The highest BCUT2D eigenvalue weighted by Crippen LogP contribution is 2.07. The Morgan fingerprint density at radius 3 is 2.50 bits per heavy atom. The van der Waals surface area contributed by atoms with Gasteiger partial charge in [0.05, 0.1) is 6.54 Å². The molecule has 1 aliphatic rings. The largest absolute Gasteiger partial charge is 0.357 e. The Balaban J connectivity index is 0.00000529. The molecule has 1 aliphatic heterocycles. The fraction of sp³-hybridized carbons (Fsp3) is 0.882. The van der Waals surface area contributed by atoms with Crippen LogP contribution in [0.3, 0.4) is 0 Å². The zero-order valence-corrected chi connectivity index (χ0v) is 17.9. The number of carbonyl (C=O) groups is 1. The van der Waals surface area contributed by atoms with Crippen LogP contribution in [0.5, 0.6) is 0 Å². The van der Waals surface area contributed by atoms with Crippen LogP contribution in [0.4, 0.5) is 0 Å². The summed E-state index contributed by atoms with van der Waals surface area (Å²) in [5.74, 6) is 0.900. The SMILES string of the molecule is CCNC(=NCCN1CCCCC1)NCCC(=O)NC(C)CC.I. The van der Waals surface area contributed by atoms with Gasteiger partial charge in [0.15, 0.2) is 5.96 Å². The number of carbonyl (C=O) groups excluding carboxylic acids is 1. The van der Waals surface area contributed by atoms with Gasteiger partial charge in [0.1, 0.15) is 0 Å². The summed E-state index contributed by atoms with van der Waals surface area (Å²) in [5.41, 5.74) is 0. The van der Waals surface area contributed by atoms with E-state index in [2.05, 4.69) is 39.7 Å². The molecule has 24 heavy (non-hydrogen) atoms. The summed E-state index contributed by atoms with van der Waals surface area (Å²) in [6.45, 7) is 11.8. The molecule has 0 bridgehead atoms. The van der Waals surface area contributed by atoms with Crippen LogP contribution in [0.2, 0.25) is 0 Å². The summed E-state index contributed by atoms with van der Waals surface area (Å²) in [5, 5.41) is 9.45. The molecular formula is C17H36IN5O. The first kappa shape index (κ1) is 23.4. The summed E-state index contributed by atoms with van der Waals surface area (Å²) in [6.07, 6.45) is 5.42. The van der Waals surface area contributed by atoms with Crippen LogP contribution in [0.25, 0.3) is 0 Å². The molecule has 1 unspecified atom stereocenters. The minimum Gasteiger partial charge on any atom is -0.357 e. The van der Waals surface area contributed by atoms with Gasteiger partial charge < -0.3 is 20.9 Å². The molecule has 1 heterocycles. The highest BCUT2D eigenvalue weighted by molar-refractivity contribution is 14.0. The Labute approximate surface area is 164 Å². The number of piperidine rings is 1. The Morgan fingerprint density at radius 2 is 1.88 bits per heavy atom.